The predicted molar refractivity (Wildman–Crippen MR) is 80.0 cm³/mol. The van der Waals surface area contributed by atoms with Crippen LogP contribution in [0.3, 0.4) is 0 Å². The highest BCUT2D eigenvalue weighted by molar-refractivity contribution is 6.31. The fourth-order valence-corrected chi connectivity index (χ4v) is 2.04. The zero-order valence-electron chi connectivity index (χ0n) is 11.0. The Labute approximate surface area is 122 Å². The van der Waals surface area contributed by atoms with Gasteiger partial charge < -0.3 is 15.8 Å². The van der Waals surface area contributed by atoms with Crippen molar-refractivity contribution < 1.29 is 9.53 Å². The highest BCUT2D eigenvalue weighted by Gasteiger charge is 2.10. The van der Waals surface area contributed by atoms with Gasteiger partial charge in [-0.2, -0.15) is 0 Å². The summed E-state index contributed by atoms with van der Waals surface area (Å²) in [5.41, 5.74) is 7.50. The highest BCUT2D eigenvalue weighted by Crippen LogP contribution is 2.25. The number of anilines is 1. The van der Waals surface area contributed by atoms with E-state index in [0.717, 1.165) is 5.56 Å². The Morgan fingerprint density at radius 3 is 2.60 bits per heavy atom. The molecule has 0 aliphatic heterocycles. The Hall–Kier alpha value is -2.20. The summed E-state index contributed by atoms with van der Waals surface area (Å²) < 4.78 is 5.23. The lowest BCUT2D eigenvalue weighted by Gasteiger charge is -2.11. The van der Waals surface area contributed by atoms with Crippen LogP contribution in [-0.4, -0.2) is 13.0 Å². The number of carbonyl (C=O) groups is 1. The van der Waals surface area contributed by atoms with Crippen LogP contribution < -0.4 is 15.8 Å². The number of hydrogen-bond acceptors (Lipinski definition) is 3. The third kappa shape index (κ3) is 3.22. The Balaban J connectivity index is 2.09. The maximum Gasteiger partial charge on any atom is 0.251 e. The molecule has 0 aliphatic carbocycles. The molecular formula is C15H15ClN2O2. The van der Waals surface area contributed by atoms with Crippen molar-refractivity contribution in [3.8, 4) is 5.75 Å². The first-order valence-corrected chi connectivity index (χ1v) is 6.44. The van der Waals surface area contributed by atoms with E-state index in [1.54, 1.807) is 49.6 Å². The molecular weight excluding hydrogens is 276 g/mol. The fraction of sp³-hybridized carbons (Fsp3) is 0.133. The number of nitrogens with two attached hydrogens (primary N) is 1. The van der Waals surface area contributed by atoms with Gasteiger partial charge in [-0.3, -0.25) is 4.79 Å². The number of ether oxygens (including phenoxy) is 1. The quantitative estimate of drug-likeness (QED) is 0.851. The van der Waals surface area contributed by atoms with Crippen molar-refractivity contribution in [3.63, 3.8) is 0 Å². The van der Waals surface area contributed by atoms with E-state index in [-0.39, 0.29) is 5.91 Å². The van der Waals surface area contributed by atoms with Crippen molar-refractivity contribution in [3.05, 3.63) is 58.6 Å². The number of halogens is 1. The van der Waals surface area contributed by atoms with E-state index < -0.39 is 0 Å². The summed E-state index contributed by atoms with van der Waals surface area (Å²) in [6, 6.07) is 12.1. The first kappa shape index (κ1) is 14.2. The van der Waals surface area contributed by atoms with Crippen LogP contribution in [0.2, 0.25) is 5.02 Å². The molecule has 0 saturated heterocycles. The van der Waals surface area contributed by atoms with Crippen molar-refractivity contribution in [2.24, 2.45) is 0 Å². The highest BCUT2D eigenvalue weighted by atomic mass is 35.5. The van der Waals surface area contributed by atoms with Gasteiger partial charge in [-0.15, -0.1) is 0 Å². The lowest BCUT2D eigenvalue weighted by Crippen LogP contribution is -2.23. The Bertz CT molecular complexity index is 612. The van der Waals surface area contributed by atoms with Gasteiger partial charge in [0.2, 0.25) is 0 Å². The number of hydrogen-bond donors (Lipinski definition) is 2. The minimum atomic E-state index is -0.188. The van der Waals surface area contributed by atoms with Crippen LogP contribution >= 0.6 is 11.6 Å². The van der Waals surface area contributed by atoms with E-state index in [4.69, 9.17) is 22.1 Å². The van der Waals surface area contributed by atoms with E-state index in [0.29, 0.717) is 28.6 Å². The molecule has 0 saturated carbocycles. The zero-order valence-corrected chi connectivity index (χ0v) is 11.8. The maximum absolute atomic E-state index is 12.0. The first-order chi connectivity index (χ1) is 9.61. The normalized spacial score (nSPS) is 10.1. The van der Waals surface area contributed by atoms with Gasteiger partial charge in [-0.25, -0.2) is 0 Å². The molecule has 0 spiro atoms. The van der Waals surface area contributed by atoms with Gasteiger partial charge in [0, 0.05) is 28.4 Å². The Morgan fingerprint density at radius 2 is 1.95 bits per heavy atom. The van der Waals surface area contributed by atoms with Crippen LogP contribution in [0.5, 0.6) is 5.75 Å². The molecule has 0 aliphatic rings. The lowest BCUT2D eigenvalue weighted by molar-refractivity contribution is 0.0950. The van der Waals surface area contributed by atoms with Gasteiger partial charge in [-0.05, 0) is 36.4 Å². The Morgan fingerprint density at radius 1 is 1.25 bits per heavy atom. The molecule has 2 aromatic carbocycles. The van der Waals surface area contributed by atoms with E-state index in [2.05, 4.69) is 5.32 Å². The summed E-state index contributed by atoms with van der Waals surface area (Å²) in [6.45, 7) is 0.298. The molecule has 0 heterocycles. The molecule has 0 radical (unpaired) electrons. The summed E-state index contributed by atoms with van der Waals surface area (Å²) in [5, 5.41) is 3.36. The third-order valence-electron chi connectivity index (χ3n) is 2.89. The molecule has 3 N–H and O–H groups in total. The van der Waals surface area contributed by atoms with Gasteiger partial charge in [0.15, 0.2) is 0 Å². The largest absolute Gasteiger partial charge is 0.496 e. The second kappa shape index (κ2) is 6.30. The van der Waals surface area contributed by atoms with E-state index in [1.165, 1.54) is 0 Å². The summed E-state index contributed by atoms with van der Waals surface area (Å²) in [5.74, 6) is 0.460. The SMILES string of the molecule is COc1cccc(Cl)c1CNC(=O)c1ccc(N)cc1. The number of methoxy groups -OCH3 is 1. The molecule has 2 aromatic rings. The van der Waals surface area contributed by atoms with Crippen LogP contribution in [0.4, 0.5) is 5.69 Å². The van der Waals surface area contributed by atoms with Gasteiger partial charge in [0.05, 0.1) is 7.11 Å². The fourth-order valence-electron chi connectivity index (χ4n) is 1.81. The Kier molecular flexibility index (Phi) is 4.48. The number of rotatable bonds is 4. The molecule has 0 bridgehead atoms. The zero-order chi connectivity index (χ0) is 14.5. The van der Waals surface area contributed by atoms with E-state index in [9.17, 15) is 4.79 Å². The number of carbonyl (C=O) groups excluding carboxylic acids is 1. The van der Waals surface area contributed by atoms with E-state index in [1.807, 2.05) is 0 Å². The van der Waals surface area contributed by atoms with Crippen molar-refractivity contribution >= 4 is 23.2 Å². The number of amides is 1. The van der Waals surface area contributed by atoms with Crippen molar-refractivity contribution in [1.29, 1.82) is 0 Å². The van der Waals surface area contributed by atoms with Crippen LogP contribution in [-0.2, 0) is 6.54 Å². The summed E-state index contributed by atoms with van der Waals surface area (Å²) in [6.07, 6.45) is 0. The molecule has 0 unspecified atom stereocenters. The molecule has 2 rings (SSSR count). The first-order valence-electron chi connectivity index (χ1n) is 6.07. The number of nitrogens with one attached hydrogen (secondary N) is 1. The standard InChI is InChI=1S/C15H15ClN2O2/c1-20-14-4-2-3-13(16)12(14)9-18-15(19)10-5-7-11(17)8-6-10/h2-8H,9,17H2,1H3,(H,18,19). The number of benzene rings is 2. The molecule has 1 amide bonds. The molecule has 104 valence electrons. The van der Waals surface area contributed by atoms with Crippen molar-refractivity contribution in [2.75, 3.05) is 12.8 Å². The average molecular weight is 291 g/mol. The third-order valence-corrected chi connectivity index (χ3v) is 3.25. The van der Waals surface area contributed by atoms with Crippen molar-refractivity contribution in [1.82, 2.24) is 5.32 Å². The van der Waals surface area contributed by atoms with Crippen LogP contribution in [0.1, 0.15) is 15.9 Å². The molecule has 20 heavy (non-hydrogen) atoms. The monoisotopic (exact) mass is 290 g/mol. The van der Waals surface area contributed by atoms with Crippen molar-refractivity contribution in [2.45, 2.75) is 6.54 Å². The topological polar surface area (TPSA) is 64.3 Å². The van der Waals surface area contributed by atoms with Crippen LogP contribution in [0, 0.1) is 0 Å². The van der Waals surface area contributed by atoms with Gasteiger partial charge in [0.1, 0.15) is 5.75 Å². The van der Waals surface area contributed by atoms with Crippen LogP contribution in [0.25, 0.3) is 0 Å². The second-order valence-electron chi connectivity index (χ2n) is 4.23. The smallest absolute Gasteiger partial charge is 0.251 e. The minimum Gasteiger partial charge on any atom is -0.496 e. The lowest BCUT2D eigenvalue weighted by atomic mass is 10.1. The maximum atomic E-state index is 12.0. The molecule has 5 heteroatoms. The molecule has 4 nitrogen and oxygen atoms in total. The summed E-state index contributed by atoms with van der Waals surface area (Å²) >= 11 is 6.11. The van der Waals surface area contributed by atoms with E-state index >= 15 is 0 Å². The van der Waals surface area contributed by atoms with Crippen LogP contribution in [0.15, 0.2) is 42.5 Å². The average Bonchev–Trinajstić information content (AvgIpc) is 2.46. The predicted octanol–water partition coefficient (Wildman–Crippen LogP) is 2.86. The summed E-state index contributed by atoms with van der Waals surface area (Å²) in [4.78, 5) is 12.0. The summed E-state index contributed by atoms with van der Waals surface area (Å²) in [7, 11) is 1.57. The molecule has 0 fully saturated rings. The van der Waals surface area contributed by atoms with Gasteiger partial charge in [0.25, 0.3) is 5.91 Å². The second-order valence-corrected chi connectivity index (χ2v) is 4.63. The number of nitrogen functional groups attached to an aromatic ring is 1. The van der Waals surface area contributed by atoms with Gasteiger partial charge >= 0.3 is 0 Å². The minimum absolute atomic E-state index is 0.188. The van der Waals surface area contributed by atoms with Gasteiger partial charge in [-0.1, -0.05) is 17.7 Å². The molecule has 0 aromatic heterocycles. The molecule has 0 atom stereocenters.